The number of aromatic nitrogens is 1. The normalized spacial score (nSPS) is 10.2. The van der Waals surface area contributed by atoms with Gasteiger partial charge in [-0.1, -0.05) is 35.9 Å². The van der Waals surface area contributed by atoms with Crippen molar-refractivity contribution in [2.45, 2.75) is 6.92 Å². The first-order valence-corrected chi connectivity index (χ1v) is 7.86. The summed E-state index contributed by atoms with van der Waals surface area (Å²) in [6, 6.07) is 18.3. The van der Waals surface area contributed by atoms with Crippen LogP contribution in [0, 0.1) is 6.92 Å². The molecular weight excluding hydrogens is 322 g/mol. The molecule has 0 bridgehead atoms. The molecular formula is C19H16ClN3O. The van der Waals surface area contributed by atoms with Crippen LogP contribution < -0.4 is 10.6 Å². The van der Waals surface area contributed by atoms with Gasteiger partial charge in [0.15, 0.2) is 0 Å². The van der Waals surface area contributed by atoms with Crippen molar-refractivity contribution < 1.29 is 4.79 Å². The smallest absolute Gasteiger partial charge is 0.255 e. The van der Waals surface area contributed by atoms with Gasteiger partial charge in [-0.2, -0.15) is 0 Å². The largest absolute Gasteiger partial charge is 0.340 e. The number of nitrogens with zero attached hydrogens (tertiary/aromatic N) is 1. The molecule has 0 saturated heterocycles. The second-order valence-electron chi connectivity index (χ2n) is 5.29. The molecule has 0 aliphatic rings. The summed E-state index contributed by atoms with van der Waals surface area (Å²) in [5.74, 6) is 0.516. The number of hydrogen-bond donors (Lipinski definition) is 2. The third kappa shape index (κ3) is 3.73. The zero-order chi connectivity index (χ0) is 16.9. The highest BCUT2D eigenvalue weighted by atomic mass is 35.5. The summed E-state index contributed by atoms with van der Waals surface area (Å²) in [5.41, 5.74) is 3.10. The standard InChI is InChI=1S/C19H16ClN3O/c1-13-16(20)8-5-9-17(13)23-18-11-10-15(12-21-18)22-19(24)14-6-3-2-4-7-14/h2-12H,1H3,(H,21,23)(H,22,24). The van der Waals surface area contributed by atoms with Crippen LogP contribution in [0.25, 0.3) is 0 Å². The molecule has 120 valence electrons. The van der Waals surface area contributed by atoms with Crippen molar-refractivity contribution in [2.75, 3.05) is 10.6 Å². The van der Waals surface area contributed by atoms with Gasteiger partial charge in [-0.05, 0) is 48.9 Å². The van der Waals surface area contributed by atoms with Gasteiger partial charge in [0.2, 0.25) is 0 Å². The van der Waals surface area contributed by atoms with E-state index in [1.807, 2.05) is 43.3 Å². The van der Waals surface area contributed by atoms with Gasteiger partial charge in [-0.25, -0.2) is 4.98 Å². The Bertz CT molecular complexity index is 848. The highest BCUT2D eigenvalue weighted by Gasteiger charge is 2.06. The third-order valence-corrected chi connectivity index (χ3v) is 4.00. The molecule has 0 unspecified atom stereocenters. The van der Waals surface area contributed by atoms with Gasteiger partial charge >= 0.3 is 0 Å². The molecule has 0 spiro atoms. The zero-order valence-electron chi connectivity index (χ0n) is 13.1. The Hall–Kier alpha value is -2.85. The van der Waals surface area contributed by atoms with Gasteiger partial charge in [0.05, 0.1) is 11.9 Å². The fourth-order valence-corrected chi connectivity index (χ4v) is 2.39. The fourth-order valence-electron chi connectivity index (χ4n) is 2.22. The number of carbonyl (C=O) groups excluding carboxylic acids is 1. The van der Waals surface area contributed by atoms with E-state index in [9.17, 15) is 4.79 Å². The maximum Gasteiger partial charge on any atom is 0.255 e. The summed E-state index contributed by atoms with van der Waals surface area (Å²) in [4.78, 5) is 16.4. The van der Waals surface area contributed by atoms with E-state index < -0.39 is 0 Å². The molecule has 1 aromatic heterocycles. The molecule has 5 heteroatoms. The number of amides is 1. The highest BCUT2D eigenvalue weighted by Crippen LogP contribution is 2.25. The summed E-state index contributed by atoms with van der Waals surface area (Å²) < 4.78 is 0. The molecule has 4 nitrogen and oxygen atoms in total. The lowest BCUT2D eigenvalue weighted by Gasteiger charge is -2.10. The lowest BCUT2D eigenvalue weighted by molar-refractivity contribution is 0.102. The number of anilines is 3. The number of rotatable bonds is 4. The van der Waals surface area contributed by atoms with Crippen LogP contribution in [0.15, 0.2) is 66.9 Å². The third-order valence-electron chi connectivity index (χ3n) is 3.59. The Morgan fingerprint density at radius 2 is 1.79 bits per heavy atom. The molecule has 1 heterocycles. The number of hydrogen-bond acceptors (Lipinski definition) is 3. The number of carbonyl (C=O) groups is 1. The van der Waals surface area contributed by atoms with Crippen molar-refractivity contribution in [1.82, 2.24) is 4.98 Å². The molecule has 2 aromatic carbocycles. The molecule has 0 radical (unpaired) electrons. The van der Waals surface area contributed by atoms with Crippen molar-refractivity contribution in [3.05, 3.63) is 83.0 Å². The van der Waals surface area contributed by atoms with Crippen LogP contribution >= 0.6 is 11.6 Å². The minimum Gasteiger partial charge on any atom is -0.340 e. The van der Waals surface area contributed by atoms with E-state index in [1.54, 1.807) is 30.5 Å². The molecule has 2 N–H and O–H groups in total. The van der Waals surface area contributed by atoms with Crippen LogP contribution in [0.1, 0.15) is 15.9 Å². The Balaban J connectivity index is 1.69. The Morgan fingerprint density at radius 3 is 2.50 bits per heavy atom. The summed E-state index contributed by atoms with van der Waals surface area (Å²) in [6.45, 7) is 1.94. The van der Waals surface area contributed by atoms with Crippen molar-refractivity contribution >= 4 is 34.7 Å². The monoisotopic (exact) mass is 337 g/mol. The van der Waals surface area contributed by atoms with Gasteiger partial charge in [0.1, 0.15) is 5.82 Å². The van der Waals surface area contributed by atoms with Crippen LogP contribution in [0.4, 0.5) is 17.2 Å². The van der Waals surface area contributed by atoms with Gasteiger partial charge in [0.25, 0.3) is 5.91 Å². The van der Waals surface area contributed by atoms with Gasteiger partial charge in [-0.3, -0.25) is 4.79 Å². The van der Waals surface area contributed by atoms with E-state index in [-0.39, 0.29) is 5.91 Å². The highest BCUT2D eigenvalue weighted by molar-refractivity contribution is 6.31. The lowest BCUT2D eigenvalue weighted by atomic mass is 10.2. The van der Waals surface area contributed by atoms with Crippen LogP contribution in [-0.2, 0) is 0 Å². The predicted molar refractivity (Wildman–Crippen MR) is 98.1 cm³/mol. The van der Waals surface area contributed by atoms with Crippen LogP contribution in [0.2, 0.25) is 5.02 Å². The lowest BCUT2D eigenvalue weighted by Crippen LogP contribution is -2.11. The molecule has 24 heavy (non-hydrogen) atoms. The van der Waals surface area contributed by atoms with Crippen molar-refractivity contribution in [3.8, 4) is 0 Å². The van der Waals surface area contributed by atoms with Crippen LogP contribution in [0.3, 0.4) is 0 Å². The molecule has 1 amide bonds. The minimum atomic E-state index is -0.163. The van der Waals surface area contributed by atoms with E-state index in [4.69, 9.17) is 11.6 Å². The number of nitrogens with one attached hydrogen (secondary N) is 2. The number of pyridine rings is 1. The SMILES string of the molecule is Cc1c(Cl)cccc1Nc1ccc(NC(=O)c2ccccc2)cn1. The summed E-state index contributed by atoms with van der Waals surface area (Å²) in [7, 11) is 0. The molecule has 3 aromatic rings. The van der Waals surface area contributed by atoms with E-state index in [1.165, 1.54) is 0 Å². The van der Waals surface area contributed by atoms with E-state index in [0.717, 1.165) is 11.3 Å². The van der Waals surface area contributed by atoms with Crippen molar-refractivity contribution in [1.29, 1.82) is 0 Å². The summed E-state index contributed by atoms with van der Waals surface area (Å²) >= 11 is 6.11. The first-order valence-electron chi connectivity index (χ1n) is 7.48. The van der Waals surface area contributed by atoms with Crippen molar-refractivity contribution in [2.24, 2.45) is 0 Å². The Labute approximate surface area is 145 Å². The first kappa shape index (κ1) is 16.0. The second kappa shape index (κ2) is 7.15. The average molecular weight is 338 g/mol. The molecule has 0 aliphatic heterocycles. The van der Waals surface area contributed by atoms with Crippen LogP contribution in [0.5, 0.6) is 0 Å². The quantitative estimate of drug-likeness (QED) is 0.701. The van der Waals surface area contributed by atoms with Crippen LogP contribution in [-0.4, -0.2) is 10.9 Å². The molecule has 0 saturated carbocycles. The average Bonchev–Trinajstić information content (AvgIpc) is 2.61. The molecule has 0 aliphatic carbocycles. The maximum atomic E-state index is 12.1. The first-order chi connectivity index (χ1) is 11.6. The van der Waals surface area contributed by atoms with Gasteiger partial charge < -0.3 is 10.6 Å². The zero-order valence-corrected chi connectivity index (χ0v) is 13.8. The topological polar surface area (TPSA) is 54.0 Å². The maximum absolute atomic E-state index is 12.1. The fraction of sp³-hybridized carbons (Fsp3) is 0.0526. The van der Waals surface area contributed by atoms with Gasteiger partial charge in [0, 0.05) is 16.3 Å². The van der Waals surface area contributed by atoms with E-state index in [0.29, 0.717) is 22.1 Å². The van der Waals surface area contributed by atoms with Crippen molar-refractivity contribution in [3.63, 3.8) is 0 Å². The molecule has 0 atom stereocenters. The predicted octanol–water partition coefficient (Wildman–Crippen LogP) is 5.04. The summed E-state index contributed by atoms with van der Waals surface area (Å²) in [5, 5.41) is 6.74. The van der Waals surface area contributed by atoms with E-state index in [2.05, 4.69) is 15.6 Å². The number of halogens is 1. The Kier molecular flexibility index (Phi) is 4.77. The second-order valence-corrected chi connectivity index (χ2v) is 5.70. The number of benzene rings is 2. The van der Waals surface area contributed by atoms with Gasteiger partial charge in [-0.15, -0.1) is 0 Å². The Morgan fingerprint density at radius 1 is 1.00 bits per heavy atom. The minimum absolute atomic E-state index is 0.163. The summed E-state index contributed by atoms with van der Waals surface area (Å²) in [6.07, 6.45) is 1.61. The molecule has 0 fully saturated rings. The van der Waals surface area contributed by atoms with E-state index >= 15 is 0 Å². The molecule has 3 rings (SSSR count).